The Balaban J connectivity index is 0.00000256. The van der Waals surface area contributed by atoms with Gasteiger partial charge in [0.15, 0.2) is 5.96 Å². The summed E-state index contributed by atoms with van der Waals surface area (Å²) in [5.74, 6) is 1.95. The molecule has 0 saturated carbocycles. The Morgan fingerprint density at radius 1 is 1.10 bits per heavy atom. The highest BCUT2D eigenvalue weighted by atomic mass is 127. The number of rotatable bonds is 5. The maximum Gasteiger partial charge on any atom is 0.193 e. The number of halogens is 1. The third-order valence-corrected chi connectivity index (χ3v) is 6.95. The molecule has 1 aromatic carbocycles. The average molecular weight is 529 g/mol. The fourth-order valence-corrected chi connectivity index (χ4v) is 5.07. The lowest BCUT2D eigenvalue weighted by molar-refractivity contribution is 0.0511. The lowest BCUT2D eigenvalue weighted by atomic mass is 9.74. The van der Waals surface area contributed by atoms with Gasteiger partial charge in [0.25, 0.3) is 0 Å². The van der Waals surface area contributed by atoms with Gasteiger partial charge in [0.2, 0.25) is 0 Å². The van der Waals surface area contributed by atoms with E-state index in [2.05, 4.69) is 39.5 Å². The molecule has 1 aromatic rings. The van der Waals surface area contributed by atoms with Gasteiger partial charge in [-0.25, -0.2) is 0 Å². The third-order valence-electron chi connectivity index (χ3n) is 6.95. The minimum absolute atomic E-state index is 0. The summed E-state index contributed by atoms with van der Waals surface area (Å²) < 4.78 is 17.0. The molecule has 3 fully saturated rings. The number of nitrogens with one attached hydrogen (secondary N) is 1. The van der Waals surface area contributed by atoms with Crippen LogP contribution in [0.4, 0.5) is 0 Å². The Kier molecular flexibility index (Phi) is 8.26. The minimum Gasteiger partial charge on any atom is -0.494 e. The summed E-state index contributed by atoms with van der Waals surface area (Å²) in [5.41, 5.74) is 1.75. The van der Waals surface area contributed by atoms with Gasteiger partial charge in [-0.3, -0.25) is 4.99 Å². The molecule has 1 N–H and O–H groups in total. The van der Waals surface area contributed by atoms with Crippen molar-refractivity contribution in [3.8, 4) is 5.75 Å². The van der Waals surface area contributed by atoms with Crippen LogP contribution >= 0.6 is 24.0 Å². The van der Waals surface area contributed by atoms with E-state index in [0.717, 1.165) is 70.6 Å². The summed E-state index contributed by atoms with van der Waals surface area (Å²) in [6.45, 7) is 9.09. The number of likely N-dealkylation sites (tertiary alicyclic amines) is 1. The van der Waals surface area contributed by atoms with Crippen LogP contribution in [0.5, 0.6) is 5.75 Å². The quantitative estimate of drug-likeness (QED) is 0.360. The average Bonchev–Trinajstić information content (AvgIpc) is 3.40. The fourth-order valence-electron chi connectivity index (χ4n) is 5.07. The SMILES string of the molecule is CCOc1ccc(C2(CNC(=NC)N3CCC4(CCOC4)C3)CCOCC2)cc1.I. The van der Waals surface area contributed by atoms with Crippen molar-refractivity contribution in [2.45, 2.75) is 38.0 Å². The maximum absolute atomic E-state index is 5.70. The number of hydrogen-bond acceptors (Lipinski definition) is 4. The van der Waals surface area contributed by atoms with Crippen LogP contribution in [-0.2, 0) is 14.9 Å². The molecule has 3 aliphatic heterocycles. The van der Waals surface area contributed by atoms with E-state index in [1.165, 1.54) is 18.4 Å². The zero-order valence-corrected chi connectivity index (χ0v) is 20.7. The summed E-state index contributed by atoms with van der Waals surface area (Å²) in [5, 5.41) is 3.71. The summed E-state index contributed by atoms with van der Waals surface area (Å²) in [7, 11) is 1.89. The minimum atomic E-state index is 0. The zero-order chi connectivity index (χ0) is 20.2. The molecule has 0 amide bonds. The lowest BCUT2D eigenvalue weighted by Crippen LogP contribution is -2.49. The Labute approximate surface area is 197 Å². The first-order chi connectivity index (χ1) is 14.2. The van der Waals surface area contributed by atoms with Crippen LogP contribution in [0.15, 0.2) is 29.3 Å². The Bertz CT molecular complexity index is 698. The Morgan fingerprint density at radius 3 is 2.47 bits per heavy atom. The highest BCUT2D eigenvalue weighted by Crippen LogP contribution is 2.39. The molecular formula is C23H36IN3O3. The molecule has 4 rings (SSSR count). The van der Waals surface area contributed by atoms with Crippen molar-refractivity contribution in [2.24, 2.45) is 10.4 Å². The van der Waals surface area contributed by atoms with Crippen LogP contribution in [0.3, 0.4) is 0 Å². The van der Waals surface area contributed by atoms with Gasteiger partial charge >= 0.3 is 0 Å². The van der Waals surface area contributed by atoms with Crippen molar-refractivity contribution in [3.05, 3.63) is 29.8 Å². The monoisotopic (exact) mass is 529 g/mol. The Hall–Kier alpha value is -1.06. The highest BCUT2D eigenvalue weighted by Gasteiger charge is 2.42. The van der Waals surface area contributed by atoms with Crippen molar-refractivity contribution >= 4 is 29.9 Å². The van der Waals surface area contributed by atoms with Crippen LogP contribution in [-0.4, -0.2) is 70.6 Å². The number of ether oxygens (including phenoxy) is 3. The second-order valence-electron chi connectivity index (χ2n) is 8.73. The molecule has 3 heterocycles. The number of guanidine groups is 1. The van der Waals surface area contributed by atoms with E-state index in [1.807, 2.05) is 14.0 Å². The zero-order valence-electron chi connectivity index (χ0n) is 18.3. The molecule has 1 unspecified atom stereocenters. The van der Waals surface area contributed by atoms with Crippen molar-refractivity contribution in [2.75, 3.05) is 59.7 Å². The summed E-state index contributed by atoms with van der Waals surface area (Å²) in [4.78, 5) is 7.03. The summed E-state index contributed by atoms with van der Waals surface area (Å²) in [6, 6.07) is 8.63. The molecule has 3 saturated heterocycles. The first-order valence-electron chi connectivity index (χ1n) is 11.0. The molecular weight excluding hydrogens is 493 g/mol. The molecule has 7 heteroatoms. The van der Waals surface area contributed by atoms with E-state index in [1.54, 1.807) is 0 Å². The third kappa shape index (κ3) is 5.05. The van der Waals surface area contributed by atoms with E-state index in [9.17, 15) is 0 Å². The number of aliphatic imine (C=N–C) groups is 1. The van der Waals surface area contributed by atoms with Crippen molar-refractivity contribution in [3.63, 3.8) is 0 Å². The van der Waals surface area contributed by atoms with Crippen molar-refractivity contribution < 1.29 is 14.2 Å². The van der Waals surface area contributed by atoms with E-state index in [0.29, 0.717) is 12.0 Å². The number of nitrogens with zero attached hydrogens (tertiary/aromatic N) is 2. The summed E-state index contributed by atoms with van der Waals surface area (Å²) in [6.07, 6.45) is 4.41. The van der Waals surface area contributed by atoms with E-state index in [-0.39, 0.29) is 29.4 Å². The first kappa shape index (κ1) is 23.6. The largest absolute Gasteiger partial charge is 0.494 e. The molecule has 0 radical (unpaired) electrons. The smallest absolute Gasteiger partial charge is 0.193 e. The standard InChI is InChI=1S/C23H35N3O3.HI/c1-3-29-20-6-4-19(5-7-20)23(10-14-27-15-11-23)16-25-21(24-2)26-12-8-22(17-26)9-13-28-18-22;/h4-7H,3,8-18H2,1-2H3,(H,24,25);1H. The summed E-state index contributed by atoms with van der Waals surface area (Å²) >= 11 is 0. The molecule has 0 bridgehead atoms. The lowest BCUT2D eigenvalue weighted by Gasteiger charge is -2.39. The molecule has 168 valence electrons. The molecule has 1 atom stereocenters. The van der Waals surface area contributed by atoms with Gasteiger partial charge < -0.3 is 24.4 Å². The number of benzene rings is 1. The van der Waals surface area contributed by atoms with Crippen LogP contribution in [0.25, 0.3) is 0 Å². The maximum atomic E-state index is 5.70. The van der Waals surface area contributed by atoms with Crippen LogP contribution in [0, 0.1) is 5.41 Å². The molecule has 30 heavy (non-hydrogen) atoms. The van der Waals surface area contributed by atoms with Gasteiger partial charge in [-0.05, 0) is 50.3 Å². The van der Waals surface area contributed by atoms with Gasteiger partial charge in [-0.2, -0.15) is 0 Å². The Morgan fingerprint density at radius 2 is 1.83 bits per heavy atom. The molecule has 0 aromatic heterocycles. The topological polar surface area (TPSA) is 55.3 Å². The second kappa shape index (κ2) is 10.5. The van der Waals surface area contributed by atoms with E-state index < -0.39 is 0 Å². The van der Waals surface area contributed by atoms with Gasteiger partial charge in [-0.15, -0.1) is 24.0 Å². The van der Waals surface area contributed by atoms with Gasteiger partial charge in [-0.1, -0.05) is 12.1 Å². The molecule has 1 spiro atoms. The molecule has 6 nitrogen and oxygen atoms in total. The van der Waals surface area contributed by atoms with Gasteiger partial charge in [0, 0.05) is 57.3 Å². The normalized spacial score (nSPS) is 25.9. The van der Waals surface area contributed by atoms with Crippen molar-refractivity contribution in [1.82, 2.24) is 10.2 Å². The highest BCUT2D eigenvalue weighted by molar-refractivity contribution is 14.0. The van der Waals surface area contributed by atoms with Gasteiger partial charge in [0.05, 0.1) is 13.2 Å². The molecule has 3 aliphatic rings. The predicted octanol–water partition coefficient (Wildman–Crippen LogP) is 3.44. The fraction of sp³-hybridized carbons (Fsp3) is 0.696. The van der Waals surface area contributed by atoms with E-state index >= 15 is 0 Å². The predicted molar refractivity (Wildman–Crippen MR) is 130 cm³/mol. The molecule has 0 aliphatic carbocycles. The van der Waals surface area contributed by atoms with Crippen LogP contribution in [0.2, 0.25) is 0 Å². The van der Waals surface area contributed by atoms with Crippen LogP contribution in [0.1, 0.15) is 38.2 Å². The van der Waals surface area contributed by atoms with Gasteiger partial charge in [0.1, 0.15) is 5.75 Å². The first-order valence-corrected chi connectivity index (χ1v) is 11.0. The number of hydrogen-bond donors (Lipinski definition) is 1. The van der Waals surface area contributed by atoms with Crippen LogP contribution < -0.4 is 10.1 Å². The second-order valence-corrected chi connectivity index (χ2v) is 8.73. The van der Waals surface area contributed by atoms with Crippen molar-refractivity contribution in [1.29, 1.82) is 0 Å². The van der Waals surface area contributed by atoms with E-state index in [4.69, 9.17) is 14.2 Å².